The van der Waals surface area contributed by atoms with Gasteiger partial charge in [-0.2, -0.15) is 4.99 Å². The summed E-state index contributed by atoms with van der Waals surface area (Å²) in [6, 6.07) is 3.68. The Morgan fingerprint density at radius 3 is 2.87 bits per heavy atom. The first kappa shape index (κ1) is 18.0. The van der Waals surface area contributed by atoms with E-state index in [1.54, 1.807) is 12.2 Å². The van der Waals surface area contributed by atoms with E-state index < -0.39 is 5.91 Å². The number of hydrogen-bond donors (Lipinski definition) is 1. The molecule has 0 spiro atoms. The van der Waals surface area contributed by atoms with Gasteiger partial charge in [0.05, 0.1) is 9.38 Å². The van der Waals surface area contributed by atoms with E-state index in [4.69, 9.17) is 4.74 Å². The molecule has 0 bridgehead atoms. The van der Waals surface area contributed by atoms with Crippen LogP contribution in [-0.2, 0) is 9.59 Å². The van der Waals surface area contributed by atoms with Crippen LogP contribution in [-0.4, -0.2) is 23.6 Å². The summed E-state index contributed by atoms with van der Waals surface area (Å²) in [6.45, 7) is 5.33. The molecule has 0 radical (unpaired) electrons. The molecule has 0 aromatic heterocycles. The minimum atomic E-state index is -0.399. The fourth-order valence-electron chi connectivity index (χ4n) is 1.74. The van der Waals surface area contributed by atoms with Gasteiger partial charge in [0.1, 0.15) is 12.4 Å². The normalized spacial score (nSPS) is 15.5. The molecule has 120 valence electrons. The molecule has 0 aliphatic carbocycles. The third kappa shape index (κ3) is 4.79. The first-order chi connectivity index (χ1) is 10.9. The van der Waals surface area contributed by atoms with Gasteiger partial charge in [-0.15, -0.1) is 0 Å². The van der Waals surface area contributed by atoms with Gasteiger partial charge in [-0.3, -0.25) is 9.59 Å². The summed E-state index contributed by atoms with van der Waals surface area (Å²) in [7, 11) is 0. The number of aliphatic imine (C=N–C) groups is 1. The zero-order valence-electron chi connectivity index (χ0n) is 12.1. The van der Waals surface area contributed by atoms with Crippen LogP contribution >= 0.6 is 43.6 Å². The van der Waals surface area contributed by atoms with Gasteiger partial charge in [0.15, 0.2) is 5.17 Å². The molecule has 1 aliphatic rings. The third-order valence-electron chi connectivity index (χ3n) is 2.57. The van der Waals surface area contributed by atoms with Crippen molar-refractivity contribution in [3.8, 4) is 5.75 Å². The monoisotopic (exact) mass is 458 g/mol. The Kier molecular flexibility index (Phi) is 6.20. The molecule has 0 saturated heterocycles. The van der Waals surface area contributed by atoms with E-state index in [1.807, 2.05) is 12.1 Å². The smallest absolute Gasteiger partial charge is 0.286 e. The predicted molar refractivity (Wildman–Crippen MR) is 99.4 cm³/mol. The van der Waals surface area contributed by atoms with Crippen LogP contribution in [0.4, 0.5) is 0 Å². The molecule has 23 heavy (non-hydrogen) atoms. The van der Waals surface area contributed by atoms with E-state index in [0.717, 1.165) is 20.7 Å². The van der Waals surface area contributed by atoms with E-state index in [0.29, 0.717) is 22.8 Å². The predicted octanol–water partition coefficient (Wildman–Crippen LogP) is 3.88. The zero-order chi connectivity index (χ0) is 17.0. The molecule has 0 unspecified atom stereocenters. The Bertz CT molecular complexity index is 744. The number of amides is 2. The zero-order valence-corrected chi connectivity index (χ0v) is 16.0. The lowest BCUT2D eigenvalue weighted by Gasteiger charge is -2.11. The Balaban J connectivity index is 2.34. The summed E-state index contributed by atoms with van der Waals surface area (Å²) in [6.07, 6.45) is 3.32. The lowest BCUT2D eigenvalue weighted by atomic mass is 10.2. The number of carbonyl (C=O) groups excluding carboxylic acids is 2. The van der Waals surface area contributed by atoms with Crippen molar-refractivity contribution in [1.82, 2.24) is 5.32 Å². The van der Waals surface area contributed by atoms with E-state index in [9.17, 15) is 9.59 Å². The number of carbonyl (C=O) groups is 2. The first-order valence-electron chi connectivity index (χ1n) is 6.43. The van der Waals surface area contributed by atoms with Crippen molar-refractivity contribution in [3.63, 3.8) is 0 Å². The van der Waals surface area contributed by atoms with Crippen molar-refractivity contribution in [1.29, 1.82) is 0 Å². The highest BCUT2D eigenvalue weighted by molar-refractivity contribution is 9.11. The molecular formula is C15H12Br2N2O3S. The minimum Gasteiger partial charge on any atom is -0.488 e. The van der Waals surface area contributed by atoms with E-state index >= 15 is 0 Å². The largest absolute Gasteiger partial charge is 0.488 e. The summed E-state index contributed by atoms with van der Waals surface area (Å²) in [5, 5.41) is 2.78. The summed E-state index contributed by atoms with van der Waals surface area (Å²) in [5.41, 5.74) is 0.711. The highest BCUT2D eigenvalue weighted by Crippen LogP contribution is 2.36. The van der Waals surface area contributed by atoms with Crippen molar-refractivity contribution in [2.75, 3.05) is 6.61 Å². The molecule has 8 heteroatoms. The molecule has 1 heterocycles. The molecular weight excluding hydrogens is 448 g/mol. The number of rotatable bonds is 4. The second-order valence-electron chi connectivity index (χ2n) is 4.42. The van der Waals surface area contributed by atoms with Gasteiger partial charge in [0.25, 0.3) is 5.91 Å². The topological polar surface area (TPSA) is 67.8 Å². The van der Waals surface area contributed by atoms with Crippen LogP contribution in [0.1, 0.15) is 12.5 Å². The highest BCUT2D eigenvalue weighted by Gasteiger charge is 2.23. The number of nitrogens with zero attached hydrogens (tertiary/aromatic N) is 1. The first-order valence-corrected chi connectivity index (χ1v) is 8.84. The molecule has 1 N–H and O–H groups in total. The van der Waals surface area contributed by atoms with Crippen molar-refractivity contribution in [3.05, 3.63) is 44.2 Å². The fourth-order valence-corrected chi connectivity index (χ4v) is 3.96. The maximum absolute atomic E-state index is 12.0. The van der Waals surface area contributed by atoms with E-state index in [1.165, 1.54) is 6.92 Å². The van der Waals surface area contributed by atoms with E-state index in [-0.39, 0.29) is 11.1 Å². The second-order valence-corrected chi connectivity index (χ2v) is 7.22. The van der Waals surface area contributed by atoms with Crippen LogP contribution in [0.25, 0.3) is 6.08 Å². The fraction of sp³-hybridized carbons (Fsp3) is 0.133. The molecule has 1 aliphatic heterocycles. The Labute approximate surface area is 154 Å². The summed E-state index contributed by atoms with van der Waals surface area (Å²) >= 11 is 7.96. The number of halogens is 2. The van der Waals surface area contributed by atoms with Gasteiger partial charge in [-0.25, -0.2) is 0 Å². The van der Waals surface area contributed by atoms with Crippen LogP contribution in [0.3, 0.4) is 0 Å². The molecule has 1 aromatic carbocycles. The average molecular weight is 460 g/mol. The van der Waals surface area contributed by atoms with Crippen molar-refractivity contribution < 1.29 is 14.3 Å². The van der Waals surface area contributed by atoms with Crippen LogP contribution in [0.15, 0.2) is 43.6 Å². The SMILES string of the molecule is C=CCOc1c(Br)cc(Br)cc1/C=C1/SC(NC(C)=O)=NC1=O. The molecule has 0 atom stereocenters. The van der Waals surface area contributed by atoms with Crippen LogP contribution < -0.4 is 10.1 Å². The van der Waals surface area contributed by atoms with E-state index in [2.05, 4.69) is 48.7 Å². The summed E-state index contributed by atoms with van der Waals surface area (Å²) in [5.74, 6) is -0.0722. The van der Waals surface area contributed by atoms with Crippen LogP contribution in [0.2, 0.25) is 0 Å². The van der Waals surface area contributed by atoms with Gasteiger partial charge < -0.3 is 10.1 Å². The van der Waals surface area contributed by atoms with Crippen molar-refractivity contribution in [2.45, 2.75) is 6.92 Å². The van der Waals surface area contributed by atoms with Crippen LogP contribution in [0.5, 0.6) is 5.75 Å². The standard InChI is InChI=1S/C15H12Br2N2O3S/c1-3-4-22-13-9(5-10(16)7-11(13)17)6-12-14(21)19-15(23-12)18-8(2)20/h3,5-7H,1,4H2,2H3,(H,18,19,20,21)/b12-6+. The highest BCUT2D eigenvalue weighted by atomic mass is 79.9. The molecule has 0 saturated carbocycles. The van der Waals surface area contributed by atoms with Crippen LogP contribution in [0, 0.1) is 0 Å². The number of hydrogen-bond acceptors (Lipinski definition) is 4. The lowest BCUT2D eigenvalue weighted by molar-refractivity contribution is -0.117. The van der Waals surface area contributed by atoms with Gasteiger partial charge in [-0.05, 0) is 45.9 Å². The van der Waals surface area contributed by atoms with Gasteiger partial charge >= 0.3 is 0 Å². The third-order valence-corrected chi connectivity index (χ3v) is 4.52. The minimum absolute atomic E-state index is 0.273. The Morgan fingerprint density at radius 1 is 1.48 bits per heavy atom. The number of benzene rings is 1. The maximum atomic E-state index is 12.0. The van der Waals surface area contributed by atoms with Gasteiger partial charge in [0, 0.05) is 17.0 Å². The quantitative estimate of drug-likeness (QED) is 0.547. The summed E-state index contributed by atoms with van der Waals surface area (Å²) < 4.78 is 7.23. The van der Waals surface area contributed by atoms with Crippen molar-refractivity contribution in [2.24, 2.45) is 4.99 Å². The molecule has 5 nitrogen and oxygen atoms in total. The van der Waals surface area contributed by atoms with Gasteiger partial charge in [-0.1, -0.05) is 28.6 Å². The lowest BCUT2D eigenvalue weighted by Crippen LogP contribution is -2.23. The number of amidine groups is 1. The Morgan fingerprint density at radius 2 is 2.22 bits per heavy atom. The molecule has 2 amide bonds. The maximum Gasteiger partial charge on any atom is 0.286 e. The molecule has 1 aromatic rings. The average Bonchev–Trinajstić information content (AvgIpc) is 2.76. The Hall–Kier alpha value is -1.38. The number of ether oxygens (including phenoxy) is 1. The van der Waals surface area contributed by atoms with Gasteiger partial charge in [0.2, 0.25) is 5.91 Å². The molecule has 0 fully saturated rings. The molecule has 2 rings (SSSR count). The second kappa shape index (κ2) is 7.94. The summed E-state index contributed by atoms with van der Waals surface area (Å²) in [4.78, 5) is 27.2. The van der Waals surface area contributed by atoms with Crippen molar-refractivity contribution >= 4 is 66.7 Å². The number of thioether (sulfide) groups is 1. The number of nitrogens with one attached hydrogen (secondary N) is 1.